The first-order valence-electron chi connectivity index (χ1n) is 8.87. The minimum atomic E-state index is -4.84. The third-order valence-electron chi connectivity index (χ3n) is 4.29. The lowest BCUT2D eigenvalue weighted by Gasteiger charge is -2.14. The number of amides is 1. The number of hydrogen-bond acceptors (Lipinski definition) is 4. The van der Waals surface area contributed by atoms with Crippen LogP contribution in [0.25, 0.3) is 11.1 Å². The summed E-state index contributed by atoms with van der Waals surface area (Å²) >= 11 is 6.25. The minimum Gasteiger partial charge on any atom is -0.406 e. The molecule has 0 fully saturated rings. The first kappa shape index (κ1) is 21.7. The van der Waals surface area contributed by atoms with Crippen molar-refractivity contribution in [1.29, 1.82) is 0 Å². The predicted octanol–water partition coefficient (Wildman–Crippen LogP) is 6.48. The Hall–Kier alpha value is -3.53. The Morgan fingerprint density at radius 1 is 0.969 bits per heavy atom. The van der Waals surface area contributed by atoms with E-state index in [1.165, 1.54) is 48.5 Å². The highest BCUT2D eigenvalue weighted by Crippen LogP contribution is 2.42. The number of rotatable bonds is 4. The molecule has 1 amide bonds. The topological polar surface area (TPSA) is 56.8 Å². The summed E-state index contributed by atoms with van der Waals surface area (Å²) in [6.45, 7) is 0. The maximum atomic E-state index is 13.2. The van der Waals surface area contributed by atoms with Gasteiger partial charge in [-0.1, -0.05) is 29.8 Å². The van der Waals surface area contributed by atoms with Crippen molar-refractivity contribution in [3.8, 4) is 28.4 Å². The molecule has 1 N–H and O–H groups in total. The van der Waals surface area contributed by atoms with Crippen LogP contribution in [0.4, 0.5) is 27.6 Å². The van der Waals surface area contributed by atoms with Gasteiger partial charge in [-0.15, -0.1) is 22.0 Å². The van der Waals surface area contributed by atoms with Gasteiger partial charge in [0, 0.05) is 27.9 Å². The maximum Gasteiger partial charge on any atom is 0.586 e. The fraction of sp³-hybridized carbons (Fsp3) is 0.0952. The second kappa shape index (κ2) is 7.86. The van der Waals surface area contributed by atoms with Crippen LogP contribution in [-0.2, 0) is 0 Å². The standard InChI is InChI=1S/C21H11ClF5NO4/c22-15-3-1-2-14(18(15)11-4-7-13(8-5-11)30-20(23,24)25)19(29)28-12-6-9-16-17(10-12)32-21(26,27)31-16/h1-10H,(H,28,29). The fourth-order valence-electron chi connectivity index (χ4n) is 3.06. The quantitative estimate of drug-likeness (QED) is 0.442. The van der Waals surface area contributed by atoms with Gasteiger partial charge in [0.2, 0.25) is 0 Å². The predicted molar refractivity (Wildman–Crippen MR) is 104 cm³/mol. The molecule has 166 valence electrons. The van der Waals surface area contributed by atoms with Crippen molar-refractivity contribution in [3.63, 3.8) is 0 Å². The highest BCUT2D eigenvalue weighted by molar-refractivity contribution is 6.34. The van der Waals surface area contributed by atoms with E-state index in [4.69, 9.17) is 11.6 Å². The lowest BCUT2D eigenvalue weighted by molar-refractivity contribution is -0.286. The van der Waals surface area contributed by atoms with Gasteiger partial charge >= 0.3 is 12.7 Å². The van der Waals surface area contributed by atoms with E-state index >= 15 is 0 Å². The van der Waals surface area contributed by atoms with Crippen LogP contribution < -0.4 is 19.5 Å². The highest BCUT2D eigenvalue weighted by Gasteiger charge is 2.43. The average Bonchev–Trinajstić information content (AvgIpc) is 3.00. The summed E-state index contributed by atoms with van der Waals surface area (Å²) in [5.74, 6) is -1.50. The normalized spacial score (nSPS) is 14.2. The van der Waals surface area contributed by atoms with E-state index in [0.717, 1.165) is 12.1 Å². The molecule has 32 heavy (non-hydrogen) atoms. The molecule has 3 aromatic carbocycles. The van der Waals surface area contributed by atoms with E-state index in [1.54, 1.807) is 0 Å². The number of carbonyl (C=O) groups is 1. The monoisotopic (exact) mass is 471 g/mol. The van der Waals surface area contributed by atoms with Crippen LogP contribution in [0.3, 0.4) is 0 Å². The largest absolute Gasteiger partial charge is 0.586 e. The zero-order valence-electron chi connectivity index (χ0n) is 15.7. The number of anilines is 1. The van der Waals surface area contributed by atoms with Crippen LogP contribution in [0.2, 0.25) is 5.02 Å². The van der Waals surface area contributed by atoms with Gasteiger partial charge in [0.05, 0.1) is 0 Å². The van der Waals surface area contributed by atoms with Crippen molar-refractivity contribution in [3.05, 3.63) is 71.2 Å². The fourth-order valence-corrected chi connectivity index (χ4v) is 3.34. The van der Waals surface area contributed by atoms with Crippen molar-refractivity contribution >= 4 is 23.2 Å². The summed E-state index contributed by atoms with van der Waals surface area (Å²) in [7, 11) is 0. The van der Waals surface area contributed by atoms with Crippen molar-refractivity contribution in [2.75, 3.05) is 5.32 Å². The number of nitrogens with one attached hydrogen (secondary N) is 1. The molecule has 0 saturated heterocycles. The Kier molecular flexibility index (Phi) is 5.33. The molecule has 0 spiro atoms. The number of benzene rings is 3. The zero-order chi connectivity index (χ0) is 23.1. The molecule has 0 aliphatic carbocycles. The summed E-state index contributed by atoms with van der Waals surface area (Å²) in [5, 5.41) is 2.72. The Morgan fingerprint density at radius 3 is 2.34 bits per heavy atom. The Morgan fingerprint density at radius 2 is 1.66 bits per heavy atom. The first-order valence-corrected chi connectivity index (χ1v) is 9.24. The van der Waals surface area contributed by atoms with Crippen molar-refractivity contribution in [1.82, 2.24) is 0 Å². The van der Waals surface area contributed by atoms with E-state index in [9.17, 15) is 26.7 Å². The van der Waals surface area contributed by atoms with Crippen molar-refractivity contribution in [2.45, 2.75) is 12.7 Å². The lowest BCUT2D eigenvalue weighted by Crippen LogP contribution is -2.25. The third-order valence-corrected chi connectivity index (χ3v) is 4.61. The number of fused-ring (bicyclic) bond motifs is 1. The van der Waals surface area contributed by atoms with Gasteiger partial charge < -0.3 is 19.5 Å². The SMILES string of the molecule is O=C(Nc1ccc2c(c1)OC(F)(F)O2)c1cccc(Cl)c1-c1ccc(OC(F)(F)F)cc1. The lowest BCUT2D eigenvalue weighted by atomic mass is 9.98. The molecule has 3 aromatic rings. The molecule has 11 heteroatoms. The van der Waals surface area contributed by atoms with Gasteiger partial charge in [0.15, 0.2) is 11.5 Å². The van der Waals surface area contributed by atoms with E-state index in [1.807, 2.05) is 0 Å². The molecule has 0 atom stereocenters. The molecule has 0 aromatic heterocycles. The van der Waals surface area contributed by atoms with Crippen LogP contribution in [0, 0.1) is 0 Å². The maximum absolute atomic E-state index is 13.2. The van der Waals surface area contributed by atoms with Crippen LogP contribution >= 0.6 is 11.6 Å². The van der Waals surface area contributed by atoms with E-state index in [0.29, 0.717) is 5.56 Å². The molecule has 1 aliphatic heterocycles. The smallest absolute Gasteiger partial charge is 0.406 e. The molecular formula is C21H11ClF5NO4. The van der Waals surface area contributed by atoms with Crippen LogP contribution in [0.1, 0.15) is 10.4 Å². The van der Waals surface area contributed by atoms with Gasteiger partial charge in [-0.2, -0.15) is 0 Å². The molecule has 0 saturated carbocycles. The van der Waals surface area contributed by atoms with Crippen molar-refractivity contribution < 1.29 is 41.0 Å². The molecule has 1 heterocycles. The Balaban J connectivity index is 1.60. The van der Waals surface area contributed by atoms with Gasteiger partial charge in [-0.05, 0) is 42.0 Å². The van der Waals surface area contributed by atoms with E-state index < -0.39 is 24.3 Å². The summed E-state index contributed by atoms with van der Waals surface area (Å²) in [5.41, 5.74) is 0.873. The number of alkyl halides is 5. The summed E-state index contributed by atoms with van der Waals surface area (Å²) in [4.78, 5) is 12.9. The van der Waals surface area contributed by atoms with Gasteiger partial charge in [-0.3, -0.25) is 4.79 Å². The molecule has 4 rings (SSSR count). The van der Waals surface area contributed by atoms with Gasteiger partial charge in [-0.25, -0.2) is 0 Å². The number of halogens is 6. The number of carbonyl (C=O) groups excluding carboxylic acids is 1. The summed E-state index contributed by atoms with van der Waals surface area (Å²) in [6, 6.07) is 13.0. The summed E-state index contributed by atoms with van der Waals surface area (Å²) < 4.78 is 76.0. The molecule has 0 bridgehead atoms. The average molecular weight is 472 g/mol. The minimum absolute atomic E-state index is 0.102. The van der Waals surface area contributed by atoms with Crippen LogP contribution in [0.5, 0.6) is 17.2 Å². The van der Waals surface area contributed by atoms with E-state index in [-0.39, 0.29) is 33.3 Å². The van der Waals surface area contributed by atoms with Crippen molar-refractivity contribution in [2.24, 2.45) is 0 Å². The Labute approximate surface area is 182 Å². The van der Waals surface area contributed by atoms with E-state index in [2.05, 4.69) is 19.5 Å². The third kappa shape index (κ3) is 4.70. The second-order valence-electron chi connectivity index (χ2n) is 6.52. The number of ether oxygens (including phenoxy) is 3. The van der Waals surface area contributed by atoms with Crippen LogP contribution in [-0.4, -0.2) is 18.6 Å². The molecule has 5 nitrogen and oxygen atoms in total. The first-order chi connectivity index (χ1) is 15.0. The molecule has 0 unspecified atom stereocenters. The van der Waals surface area contributed by atoms with Gasteiger partial charge in [0.25, 0.3) is 5.91 Å². The Bertz CT molecular complexity index is 1180. The molecular weight excluding hydrogens is 461 g/mol. The molecule has 1 aliphatic rings. The second-order valence-corrected chi connectivity index (χ2v) is 6.92. The number of hydrogen-bond donors (Lipinski definition) is 1. The highest BCUT2D eigenvalue weighted by atomic mass is 35.5. The van der Waals surface area contributed by atoms with Crippen LogP contribution in [0.15, 0.2) is 60.7 Å². The summed E-state index contributed by atoms with van der Waals surface area (Å²) in [6.07, 6.45) is -8.64. The molecule has 0 radical (unpaired) electrons. The zero-order valence-corrected chi connectivity index (χ0v) is 16.4. The van der Waals surface area contributed by atoms with Gasteiger partial charge in [0.1, 0.15) is 5.75 Å².